The molecule has 268 valence electrons. The first kappa shape index (κ1) is 37.0. The van der Waals surface area contributed by atoms with Gasteiger partial charge in [-0.3, -0.25) is 24.0 Å². The first-order valence-electron chi connectivity index (χ1n) is 18.3. The maximum absolute atomic E-state index is 14.6. The second-order valence-corrected chi connectivity index (χ2v) is 13.6. The van der Waals surface area contributed by atoms with Crippen LogP contribution in [0.5, 0.6) is 0 Å². The first-order chi connectivity index (χ1) is 24.5. The van der Waals surface area contributed by atoms with Crippen LogP contribution in [0.25, 0.3) is 43.1 Å². The third kappa shape index (κ3) is 7.31. The summed E-state index contributed by atoms with van der Waals surface area (Å²) in [6, 6.07) is 11.2. The number of nitrogens with two attached hydrogens (primary N) is 4. The highest BCUT2D eigenvalue weighted by molar-refractivity contribution is 6.40. The van der Waals surface area contributed by atoms with Gasteiger partial charge < -0.3 is 27.8 Å². The molecule has 0 saturated carbocycles. The van der Waals surface area contributed by atoms with Gasteiger partial charge in [0.15, 0.2) is 0 Å². The van der Waals surface area contributed by atoms with Gasteiger partial charge in [0.25, 0.3) is 5.91 Å². The van der Waals surface area contributed by atoms with Crippen molar-refractivity contribution in [3.05, 3.63) is 70.3 Å². The molecule has 10 heteroatoms. The number of benzene rings is 5. The zero-order valence-electron chi connectivity index (χ0n) is 29.7. The number of amides is 5. The molecule has 8 N–H and O–H groups in total. The molecule has 0 bridgehead atoms. The highest BCUT2D eigenvalue weighted by Crippen LogP contribution is 2.45. The van der Waals surface area contributed by atoms with Gasteiger partial charge in [-0.1, -0.05) is 96.3 Å². The minimum Gasteiger partial charge on any atom is -0.366 e. The summed E-state index contributed by atoms with van der Waals surface area (Å²) in [6.45, 7) is 5.56. The predicted octanol–water partition coefficient (Wildman–Crippen LogP) is 7.30. The lowest BCUT2D eigenvalue weighted by Gasteiger charge is -2.25. The molecule has 0 aliphatic heterocycles. The summed E-state index contributed by atoms with van der Waals surface area (Å²) < 4.78 is 0. The molecule has 0 unspecified atom stereocenters. The standard InChI is InChI=1S/C41H49N5O5/c1-3-5-7-9-11-13-21-46(22-14-12-10-8-6-4-2)41(51)29-20-17-26-32-24(15-18-27(34(29)32)37(42)47)25-16-19-28(38(43)48)35-31(40(45)50)23-30(39(44)49)33(26)36(25)35/h15-20,23H,3-14,21-22H2,1-2H3,(H2,42,47)(H2,43,48)(H2,44,49)(H2,45,50). The minimum absolute atomic E-state index is 0.00227. The molecule has 0 fully saturated rings. The fourth-order valence-corrected chi connectivity index (χ4v) is 7.63. The fourth-order valence-electron chi connectivity index (χ4n) is 7.63. The van der Waals surface area contributed by atoms with Crippen LogP contribution in [0.2, 0.25) is 0 Å². The maximum Gasteiger partial charge on any atom is 0.254 e. The fraction of sp³-hybridized carbons (Fsp3) is 0.390. The topological polar surface area (TPSA) is 193 Å². The normalized spacial score (nSPS) is 11.6. The number of unbranched alkanes of at least 4 members (excludes halogenated alkanes) is 10. The second-order valence-electron chi connectivity index (χ2n) is 13.6. The van der Waals surface area contributed by atoms with E-state index in [9.17, 15) is 24.0 Å². The van der Waals surface area contributed by atoms with Gasteiger partial charge in [-0.25, -0.2) is 0 Å². The van der Waals surface area contributed by atoms with Gasteiger partial charge in [-0.05, 0) is 64.0 Å². The molecule has 0 atom stereocenters. The molecule has 0 aromatic heterocycles. The lowest BCUT2D eigenvalue weighted by molar-refractivity contribution is 0.0750. The molecule has 10 nitrogen and oxygen atoms in total. The Bertz CT molecular complexity index is 2120. The van der Waals surface area contributed by atoms with Crippen molar-refractivity contribution < 1.29 is 24.0 Å². The number of hydrogen-bond acceptors (Lipinski definition) is 5. The van der Waals surface area contributed by atoms with E-state index in [0.717, 1.165) is 51.4 Å². The Morgan fingerprint density at radius 3 is 1.31 bits per heavy atom. The van der Waals surface area contributed by atoms with Crippen LogP contribution in [0.1, 0.15) is 143 Å². The summed E-state index contributed by atoms with van der Waals surface area (Å²) in [5.74, 6) is -3.36. The molecule has 0 heterocycles. The lowest BCUT2D eigenvalue weighted by atomic mass is 9.82. The Morgan fingerprint density at radius 2 is 0.824 bits per heavy atom. The Hall–Kier alpha value is -5.25. The molecule has 0 aliphatic rings. The zero-order chi connectivity index (χ0) is 36.8. The van der Waals surface area contributed by atoms with Crippen LogP contribution in [-0.4, -0.2) is 47.5 Å². The van der Waals surface area contributed by atoms with Gasteiger partial charge >= 0.3 is 0 Å². The molecule has 0 aliphatic carbocycles. The Kier molecular flexibility index (Phi) is 11.7. The summed E-state index contributed by atoms with van der Waals surface area (Å²) in [5.41, 5.74) is 23.9. The summed E-state index contributed by atoms with van der Waals surface area (Å²) in [7, 11) is 0. The Labute approximate surface area is 298 Å². The van der Waals surface area contributed by atoms with Crippen LogP contribution in [0.4, 0.5) is 0 Å². The van der Waals surface area contributed by atoms with E-state index in [0.29, 0.717) is 56.4 Å². The Morgan fingerprint density at radius 1 is 0.431 bits per heavy atom. The second kappa shape index (κ2) is 16.2. The third-order valence-electron chi connectivity index (χ3n) is 10.1. The monoisotopic (exact) mass is 691 g/mol. The van der Waals surface area contributed by atoms with E-state index >= 15 is 0 Å². The van der Waals surface area contributed by atoms with Gasteiger partial charge in [-0.2, -0.15) is 0 Å². The molecule has 5 rings (SSSR count). The molecular weight excluding hydrogens is 642 g/mol. The summed E-state index contributed by atoms with van der Waals surface area (Å²) in [5, 5.41) is 3.58. The summed E-state index contributed by atoms with van der Waals surface area (Å²) in [4.78, 5) is 68.0. The van der Waals surface area contributed by atoms with Crippen LogP contribution in [-0.2, 0) is 0 Å². The van der Waals surface area contributed by atoms with Crippen LogP contribution in [0.15, 0.2) is 42.5 Å². The lowest BCUT2D eigenvalue weighted by Crippen LogP contribution is -2.33. The van der Waals surface area contributed by atoms with E-state index in [1.54, 1.807) is 30.3 Å². The average molecular weight is 692 g/mol. The van der Waals surface area contributed by atoms with E-state index in [-0.39, 0.29) is 33.5 Å². The van der Waals surface area contributed by atoms with E-state index in [4.69, 9.17) is 22.9 Å². The molecule has 51 heavy (non-hydrogen) atoms. The number of rotatable bonds is 19. The predicted molar refractivity (Wildman–Crippen MR) is 204 cm³/mol. The molecule has 0 saturated heterocycles. The molecule has 5 aromatic carbocycles. The van der Waals surface area contributed by atoms with Gasteiger partial charge in [0.05, 0.1) is 0 Å². The van der Waals surface area contributed by atoms with Gasteiger partial charge in [-0.15, -0.1) is 0 Å². The maximum atomic E-state index is 14.6. The average Bonchev–Trinajstić information content (AvgIpc) is 3.10. The Balaban J connectivity index is 1.75. The largest absolute Gasteiger partial charge is 0.366 e. The van der Waals surface area contributed by atoms with Gasteiger partial charge in [0.1, 0.15) is 0 Å². The number of carbonyl (C=O) groups is 5. The van der Waals surface area contributed by atoms with Crippen molar-refractivity contribution in [3.63, 3.8) is 0 Å². The van der Waals surface area contributed by atoms with E-state index in [1.165, 1.54) is 37.8 Å². The van der Waals surface area contributed by atoms with E-state index in [2.05, 4.69) is 13.8 Å². The summed E-state index contributed by atoms with van der Waals surface area (Å²) >= 11 is 0. The van der Waals surface area contributed by atoms with Crippen LogP contribution in [0.3, 0.4) is 0 Å². The third-order valence-corrected chi connectivity index (χ3v) is 10.1. The molecule has 0 spiro atoms. The number of fused-ring (bicyclic) bond motifs is 2. The molecule has 5 amide bonds. The minimum atomic E-state index is -0.861. The van der Waals surface area contributed by atoms with Crippen molar-refractivity contribution >= 4 is 72.6 Å². The van der Waals surface area contributed by atoms with Gasteiger partial charge in [0.2, 0.25) is 23.6 Å². The van der Waals surface area contributed by atoms with Crippen molar-refractivity contribution in [1.29, 1.82) is 0 Å². The van der Waals surface area contributed by atoms with Crippen molar-refractivity contribution in [2.24, 2.45) is 22.9 Å². The van der Waals surface area contributed by atoms with Crippen LogP contribution >= 0.6 is 0 Å². The molecule has 5 aromatic rings. The smallest absolute Gasteiger partial charge is 0.254 e. The van der Waals surface area contributed by atoms with Crippen molar-refractivity contribution in [2.75, 3.05) is 13.1 Å². The number of primary amides is 4. The van der Waals surface area contributed by atoms with E-state index in [1.807, 2.05) is 4.90 Å². The van der Waals surface area contributed by atoms with Crippen molar-refractivity contribution in [3.8, 4) is 0 Å². The highest BCUT2D eigenvalue weighted by Gasteiger charge is 2.28. The SMILES string of the molecule is CCCCCCCCN(CCCCCCCC)C(=O)c1ccc2c3c(C(N)=O)cc(C(N)=O)c4c(C(N)=O)ccc(c5ccc(C(N)=O)c1c52)c43. The summed E-state index contributed by atoms with van der Waals surface area (Å²) in [6.07, 6.45) is 13.1. The first-order valence-corrected chi connectivity index (χ1v) is 18.3. The van der Waals surface area contributed by atoms with Crippen molar-refractivity contribution in [2.45, 2.75) is 90.9 Å². The van der Waals surface area contributed by atoms with Gasteiger partial charge in [0, 0.05) is 57.1 Å². The highest BCUT2D eigenvalue weighted by atomic mass is 16.2. The molecule has 0 radical (unpaired) electrons. The quantitative estimate of drug-likeness (QED) is 0.0400. The van der Waals surface area contributed by atoms with Crippen LogP contribution in [0, 0.1) is 0 Å². The number of nitrogens with zero attached hydrogens (tertiary/aromatic N) is 1. The van der Waals surface area contributed by atoms with E-state index < -0.39 is 23.6 Å². The van der Waals surface area contributed by atoms with Crippen LogP contribution < -0.4 is 22.9 Å². The molecular formula is C41H49N5O5. The number of carbonyl (C=O) groups excluding carboxylic acids is 5. The zero-order valence-corrected chi connectivity index (χ0v) is 29.7. The van der Waals surface area contributed by atoms with Crippen molar-refractivity contribution in [1.82, 2.24) is 4.90 Å². The number of hydrogen-bond donors (Lipinski definition) is 4.